The van der Waals surface area contributed by atoms with Gasteiger partial charge in [0.05, 0.1) is 22.5 Å². The second kappa shape index (κ2) is 8.99. The number of sulfonamides is 1. The Morgan fingerprint density at radius 3 is 2.47 bits per heavy atom. The van der Waals surface area contributed by atoms with Crippen molar-refractivity contribution >= 4 is 44.2 Å². The number of fused-ring (bicyclic) bond motifs is 1. The fourth-order valence-electron chi connectivity index (χ4n) is 3.70. The first-order valence-electron chi connectivity index (χ1n) is 10.4. The first kappa shape index (κ1) is 23.0. The van der Waals surface area contributed by atoms with Gasteiger partial charge in [-0.05, 0) is 44.5 Å². The van der Waals surface area contributed by atoms with Gasteiger partial charge >= 0.3 is 0 Å². The van der Waals surface area contributed by atoms with Crippen molar-refractivity contribution in [1.29, 1.82) is 0 Å². The van der Waals surface area contributed by atoms with Crippen LogP contribution in [0.1, 0.15) is 22.4 Å². The van der Waals surface area contributed by atoms with E-state index >= 15 is 0 Å². The number of nitro benzene ring substituents is 1. The minimum Gasteiger partial charge on any atom is -0.358 e. The summed E-state index contributed by atoms with van der Waals surface area (Å²) in [5.41, 5.74) is 7.32. The normalized spacial score (nSPS) is 11.7. The summed E-state index contributed by atoms with van der Waals surface area (Å²) in [6.45, 7) is 5.60. The molecule has 174 valence electrons. The van der Waals surface area contributed by atoms with Crippen molar-refractivity contribution in [3.63, 3.8) is 0 Å². The predicted molar refractivity (Wildman–Crippen MR) is 134 cm³/mol. The largest absolute Gasteiger partial charge is 0.358 e. The van der Waals surface area contributed by atoms with Crippen molar-refractivity contribution in [2.24, 2.45) is 5.10 Å². The summed E-state index contributed by atoms with van der Waals surface area (Å²) in [5, 5.41) is 16.5. The van der Waals surface area contributed by atoms with Gasteiger partial charge in [-0.2, -0.15) is 5.10 Å². The molecule has 0 bridgehead atoms. The fourth-order valence-corrected chi connectivity index (χ4v) is 5.01. The van der Waals surface area contributed by atoms with Crippen molar-refractivity contribution < 1.29 is 13.3 Å². The van der Waals surface area contributed by atoms with Gasteiger partial charge in [-0.15, -0.1) is 0 Å². The van der Waals surface area contributed by atoms with E-state index in [4.69, 9.17) is 0 Å². The van der Waals surface area contributed by atoms with E-state index < -0.39 is 14.9 Å². The molecule has 34 heavy (non-hydrogen) atoms. The maximum Gasteiger partial charge on any atom is 0.270 e. The van der Waals surface area contributed by atoms with Gasteiger partial charge in [0.15, 0.2) is 0 Å². The smallest absolute Gasteiger partial charge is 0.270 e. The zero-order valence-electron chi connectivity index (χ0n) is 18.8. The molecule has 0 fully saturated rings. The summed E-state index contributed by atoms with van der Waals surface area (Å²) >= 11 is 0. The lowest BCUT2D eigenvalue weighted by atomic mass is 10.1. The van der Waals surface area contributed by atoms with Crippen molar-refractivity contribution in [2.45, 2.75) is 25.7 Å². The van der Waals surface area contributed by atoms with Crippen LogP contribution in [0.2, 0.25) is 0 Å². The standard InChI is InChI=1S/C24H23N5O4S/c1-15-8-10-21(16(2)12-15)28-34(32,33)24-13-18(29(30)31)9-11-23(24)27-25-14-20-17(3)26-22-7-5-4-6-19(20)22/h4-14,26-28H,1-3H3. The summed E-state index contributed by atoms with van der Waals surface area (Å²) in [4.78, 5) is 13.7. The molecule has 0 saturated heterocycles. The van der Waals surface area contributed by atoms with Gasteiger partial charge < -0.3 is 4.98 Å². The Kier molecular flexibility index (Phi) is 6.08. The van der Waals surface area contributed by atoms with E-state index in [9.17, 15) is 18.5 Å². The maximum absolute atomic E-state index is 13.2. The Labute approximate surface area is 196 Å². The average Bonchev–Trinajstić information content (AvgIpc) is 3.11. The van der Waals surface area contributed by atoms with E-state index in [0.717, 1.165) is 39.4 Å². The lowest BCUT2D eigenvalue weighted by molar-refractivity contribution is -0.385. The summed E-state index contributed by atoms with van der Waals surface area (Å²) < 4.78 is 29.0. The monoisotopic (exact) mass is 477 g/mol. The molecule has 4 rings (SSSR count). The summed E-state index contributed by atoms with van der Waals surface area (Å²) in [6.07, 6.45) is 1.59. The van der Waals surface area contributed by atoms with E-state index in [2.05, 4.69) is 20.2 Å². The van der Waals surface area contributed by atoms with Gasteiger partial charge in [-0.25, -0.2) is 8.42 Å². The number of aromatic nitrogens is 1. The first-order chi connectivity index (χ1) is 16.2. The SMILES string of the molecule is Cc1ccc(NS(=O)(=O)c2cc([N+](=O)[O-])ccc2NN=Cc2c(C)[nH]c3ccccc23)c(C)c1. The summed E-state index contributed by atoms with van der Waals surface area (Å²) in [5.74, 6) is 0. The second-order valence-corrected chi connectivity index (χ2v) is 9.59. The molecule has 0 saturated carbocycles. The minimum atomic E-state index is -4.16. The number of H-pyrrole nitrogens is 1. The zero-order valence-corrected chi connectivity index (χ0v) is 19.6. The van der Waals surface area contributed by atoms with Crippen LogP contribution in [0, 0.1) is 30.9 Å². The number of hydrazone groups is 1. The molecule has 1 heterocycles. The number of hydrogen-bond acceptors (Lipinski definition) is 6. The van der Waals surface area contributed by atoms with Gasteiger partial charge in [-0.1, -0.05) is 35.9 Å². The van der Waals surface area contributed by atoms with Gasteiger partial charge in [0.2, 0.25) is 0 Å². The Morgan fingerprint density at radius 2 is 1.74 bits per heavy atom. The number of nitrogens with zero attached hydrogens (tertiary/aromatic N) is 2. The van der Waals surface area contributed by atoms with Crippen LogP contribution < -0.4 is 10.1 Å². The highest BCUT2D eigenvalue weighted by Gasteiger charge is 2.23. The number of nitrogens with one attached hydrogen (secondary N) is 3. The first-order valence-corrected chi connectivity index (χ1v) is 11.9. The number of para-hydroxylation sites is 1. The molecule has 1 aromatic heterocycles. The highest BCUT2D eigenvalue weighted by molar-refractivity contribution is 7.92. The van der Waals surface area contributed by atoms with Crippen LogP contribution in [0.5, 0.6) is 0 Å². The van der Waals surface area contributed by atoms with Crippen LogP contribution in [-0.2, 0) is 10.0 Å². The van der Waals surface area contributed by atoms with Crippen LogP contribution >= 0.6 is 0 Å². The molecule has 9 nitrogen and oxygen atoms in total. The molecular weight excluding hydrogens is 454 g/mol. The molecule has 4 aromatic rings. The van der Waals surface area contributed by atoms with E-state index in [-0.39, 0.29) is 16.3 Å². The van der Waals surface area contributed by atoms with E-state index in [1.807, 2.05) is 44.2 Å². The quantitative estimate of drug-likeness (QED) is 0.190. The number of anilines is 2. The Bertz CT molecular complexity index is 1540. The fraction of sp³-hybridized carbons (Fsp3) is 0.125. The van der Waals surface area contributed by atoms with Gasteiger partial charge in [0.1, 0.15) is 4.90 Å². The minimum absolute atomic E-state index is 0.108. The van der Waals surface area contributed by atoms with Crippen molar-refractivity contribution in [2.75, 3.05) is 10.1 Å². The molecule has 0 unspecified atom stereocenters. The van der Waals surface area contributed by atoms with Gasteiger partial charge in [0.25, 0.3) is 15.7 Å². The number of aryl methyl sites for hydroxylation is 3. The number of benzene rings is 3. The van der Waals surface area contributed by atoms with Crippen LogP contribution in [0.4, 0.5) is 17.1 Å². The summed E-state index contributed by atoms with van der Waals surface area (Å²) in [7, 11) is -4.16. The van der Waals surface area contributed by atoms with Crippen LogP contribution in [0.25, 0.3) is 10.9 Å². The molecule has 0 aliphatic heterocycles. The van der Waals surface area contributed by atoms with Crippen LogP contribution in [0.15, 0.2) is 70.7 Å². The summed E-state index contributed by atoms with van der Waals surface area (Å²) in [6, 6.07) is 16.6. The van der Waals surface area contributed by atoms with Crippen LogP contribution in [0.3, 0.4) is 0 Å². The average molecular weight is 478 g/mol. The Morgan fingerprint density at radius 1 is 1.00 bits per heavy atom. The van der Waals surface area contributed by atoms with E-state index in [1.54, 1.807) is 25.3 Å². The van der Waals surface area contributed by atoms with Crippen LogP contribution in [-0.4, -0.2) is 24.5 Å². The van der Waals surface area contributed by atoms with Crippen molar-refractivity contribution in [3.8, 4) is 0 Å². The molecule has 10 heteroatoms. The van der Waals surface area contributed by atoms with Gasteiger partial charge in [-0.3, -0.25) is 20.3 Å². The molecule has 0 amide bonds. The maximum atomic E-state index is 13.2. The lowest BCUT2D eigenvalue weighted by Crippen LogP contribution is -2.16. The number of rotatable bonds is 7. The molecule has 0 spiro atoms. The molecule has 0 aliphatic carbocycles. The predicted octanol–water partition coefficient (Wildman–Crippen LogP) is 5.25. The molecular formula is C24H23N5O4S. The third-order valence-electron chi connectivity index (χ3n) is 5.41. The second-order valence-electron chi connectivity index (χ2n) is 7.94. The number of nitro groups is 1. The molecule has 3 aromatic carbocycles. The molecule has 0 atom stereocenters. The number of non-ortho nitro benzene ring substituents is 1. The number of hydrogen-bond donors (Lipinski definition) is 3. The van der Waals surface area contributed by atoms with Crippen molar-refractivity contribution in [3.05, 3.63) is 93.2 Å². The third kappa shape index (κ3) is 4.62. The molecule has 0 aliphatic rings. The van der Waals surface area contributed by atoms with Crippen molar-refractivity contribution in [1.82, 2.24) is 4.98 Å². The zero-order chi connectivity index (χ0) is 24.5. The lowest BCUT2D eigenvalue weighted by Gasteiger charge is -2.14. The van der Waals surface area contributed by atoms with E-state index in [1.165, 1.54) is 12.1 Å². The highest BCUT2D eigenvalue weighted by atomic mass is 32.2. The molecule has 0 radical (unpaired) electrons. The topological polar surface area (TPSA) is 129 Å². The van der Waals surface area contributed by atoms with Gasteiger partial charge in [0, 0.05) is 34.3 Å². The highest BCUT2D eigenvalue weighted by Crippen LogP contribution is 2.29. The van der Waals surface area contributed by atoms with E-state index in [0.29, 0.717) is 5.69 Å². The Hall–Kier alpha value is -4.18. The number of aromatic amines is 1. The molecule has 3 N–H and O–H groups in total. The third-order valence-corrected chi connectivity index (χ3v) is 6.82. The Balaban J connectivity index is 1.69.